The minimum atomic E-state index is -0.869. The van der Waals surface area contributed by atoms with Gasteiger partial charge in [-0.2, -0.15) is 0 Å². The van der Waals surface area contributed by atoms with Crippen molar-refractivity contribution in [2.75, 3.05) is 0 Å². The number of aromatic nitrogens is 1. The van der Waals surface area contributed by atoms with E-state index < -0.39 is 11.4 Å². The molecular formula is C13H18N2O4. The van der Waals surface area contributed by atoms with E-state index in [9.17, 15) is 9.59 Å². The number of rotatable bonds is 5. The number of carbonyl (C=O) groups excluding carboxylic acids is 1. The fourth-order valence-electron chi connectivity index (χ4n) is 2.38. The lowest BCUT2D eigenvalue weighted by molar-refractivity contribution is -0.157. The van der Waals surface area contributed by atoms with Gasteiger partial charge in [-0.3, -0.25) is 9.59 Å². The van der Waals surface area contributed by atoms with Crippen molar-refractivity contribution in [2.24, 2.45) is 5.41 Å². The van der Waals surface area contributed by atoms with Crippen LogP contribution in [0.1, 0.15) is 42.7 Å². The van der Waals surface area contributed by atoms with Gasteiger partial charge in [-0.25, -0.2) is 0 Å². The summed E-state index contributed by atoms with van der Waals surface area (Å²) in [6.45, 7) is 3.92. The molecule has 1 saturated carbocycles. The lowest BCUT2D eigenvalue weighted by Gasteiger charge is -2.36. The Labute approximate surface area is 111 Å². The number of nitrogens with one attached hydrogen (secondary N) is 1. The van der Waals surface area contributed by atoms with Crippen molar-refractivity contribution in [1.82, 2.24) is 10.5 Å². The molecule has 1 heterocycles. The molecule has 2 N–H and O–H groups in total. The van der Waals surface area contributed by atoms with E-state index in [-0.39, 0.29) is 12.3 Å². The first kappa shape index (κ1) is 13.6. The van der Waals surface area contributed by atoms with E-state index in [1.54, 1.807) is 6.92 Å². The van der Waals surface area contributed by atoms with Gasteiger partial charge in [0.1, 0.15) is 5.76 Å². The first-order valence-electron chi connectivity index (χ1n) is 6.36. The molecule has 19 heavy (non-hydrogen) atoms. The predicted octanol–water partition coefficient (Wildman–Crippen LogP) is 1.55. The van der Waals surface area contributed by atoms with Crippen molar-refractivity contribution >= 4 is 11.9 Å². The largest absolute Gasteiger partial charge is 0.481 e. The van der Waals surface area contributed by atoms with Crippen LogP contribution in [-0.4, -0.2) is 22.1 Å². The molecule has 104 valence electrons. The third kappa shape index (κ3) is 2.62. The van der Waals surface area contributed by atoms with Crippen LogP contribution in [0.5, 0.6) is 0 Å². The monoisotopic (exact) mass is 266 g/mol. The Morgan fingerprint density at radius 1 is 1.42 bits per heavy atom. The quantitative estimate of drug-likeness (QED) is 0.843. The summed E-state index contributed by atoms with van der Waals surface area (Å²) in [7, 11) is 0. The number of aliphatic carboxylic acids is 1. The lowest BCUT2D eigenvalue weighted by atomic mass is 9.66. The molecule has 0 aromatic carbocycles. The van der Waals surface area contributed by atoms with Gasteiger partial charge in [-0.1, -0.05) is 11.6 Å². The van der Waals surface area contributed by atoms with Gasteiger partial charge in [-0.05, 0) is 26.7 Å². The van der Waals surface area contributed by atoms with Gasteiger partial charge in [0.15, 0.2) is 0 Å². The third-order valence-electron chi connectivity index (χ3n) is 3.91. The topological polar surface area (TPSA) is 92.4 Å². The highest BCUT2D eigenvalue weighted by Crippen LogP contribution is 2.44. The molecule has 1 fully saturated rings. The molecule has 0 unspecified atom stereocenters. The van der Waals surface area contributed by atoms with Crippen LogP contribution in [0.25, 0.3) is 0 Å². The van der Waals surface area contributed by atoms with E-state index >= 15 is 0 Å². The number of hydrogen-bond acceptors (Lipinski definition) is 4. The van der Waals surface area contributed by atoms with Crippen molar-refractivity contribution in [3.05, 3.63) is 17.0 Å². The number of hydrogen-bond donors (Lipinski definition) is 2. The van der Waals surface area contributed by atoms with Crippen LogP contribution in [0.4, 0.5) is 0 Å². The zero-order chi connectivity index (χ0) is 14.0. The fraction of sp³-hybridized carbons (Fsp3) is 0.615. The van der Waals surface area contributed by atoms with Gasteiger partial charge in [0.25, 0.3) is 0 Å². The Balaban J connectivity index is 1.90. The Morgan fingerprint density at radius 2 is 2.11 bits per heavy atom. The van der Waals surface area contributed by atoms with Crippen LogP contribution in [-0.2, 0) is 16.1 Å². The molecule has 1 aromatic heterocycles. The molecule has 6 nitrogen and oxygen atoms in total. The molecule has 1 aliphatic rings. The van der Waals surface area contributed by atoms with E-state index in [2.05, 4.69) is 10.5 Å². The highest BCUT2D eigenvalue weighted by atomic mass is 16.5. The predicted molar refractivity (Wildman–Crippen MR) is 66.4 cm³/mol. The summed E-state index contributed by atoms with van der Waals surface area (Å²) in [4.78, 5) is 23.0. The van der Waals surface area contributed by atoms with Gasteiger partial charge >= 0.3 is 5.97 Å². The molecule has 0 aliphatic heterocycles. The van der Waals surface area contributed by atoms with Crippen molar-refractivity contribution in [3.63, 3.8) is 0 Å². The zero-order valence-corrected chi connectivity index (χ0v) is 11.2. The molecule has 1 amide bonds. The minimum absolute atomic E-state index is 0.0473. The summed E-state index contributed by atoms with van der Waals surface area (Å²) in [6.07, 6.45) is 2.09. The van der Waals surface area contributed by atoms with Crippen molar-refractivity contribution in [1.29, 1.82) is 0 Å². The van der Waals surface area contributed by atoms with Crippen LogP contribution in [0.15, 0.2) is 4.52 Å². The maximum atomic E-state index is 11.8. The van der Waals surface area contributed by atoms with Crippen molar-refractivity contribution in [3.8, 4) is 0 Å². The average molecular weight is 266 g/mol. The number of carbonyl (C=O) groups is 2. The molecule has 1 aliphatic carbocycles. The van der Waals surface area contributed by atoms with Gasteiger partial charge in [0.05, 0.1) is 11.1 Å². The van der Waals surface area contributed by atoms with E-state index in [1.807, 2.05) is 6.92 Å². The molecule has 0 spiro atoms. The summed E-state index contributed by atoms with van der Waals surface area (Å²) in [5.74, 6) is -0.428. The van der Waals surface area contributed by atoms with Crippen LogP contribution >= 0.6 is 0 Å². The van der Waals surface area contributed by atoms with Gasteiger partial charge in [0.2, 0.25) is 5.91 Å². The number of carboxylic acids is 1. The Kier molecular flexibility index (Phi) is 3.59. The summed E-state index contributed by atoms with van der Waals surface area (Å²) >= 11 is 0. The highest BCUT2D eigenvalue weighted by molar-refractivity contribution is 5.85. The summed E-state index contributed by atoms with van der Waals surface area (Å²) < 4.78 is 5.00. The third-order valence-corrected chi connectivity index (χ3v) is 3.91. The summed E-state index contributed by atoms with van der Waals surface area (Å²) in [6, 6.07) is 0. The lowest BCUT2D eigenvalue weighted by Crippen LogP contribution is -2.42. The van der Waals surface area contributed by atoms with Gasteiger partial charge < -0.3 is 14.9 Å². The van der Waals surface area contributed by atoms with Crippen LogP contribution in [0, 0.1) is 19.3 Å². The fourth-order valence-corrected chi connectivity index (χ4v) is 2.38. The van der Waals surface area contributed by atoms with Gasteiger partial charge in [0, 0.05) is 18.5 Å². The van der Waals surface area contributed by atoms with Crippen molar-refractivity contribution in [2.45, 2.75) is 46.1 Å². The Hall–Kier alpha value is -1.85. The molecule has 0 saturated heterocycles. The standard InChI is InChI=1S/C13H18N2O4/c1-8-10(9(2)19-15-8)7-14-11(16)6-13(12(17)18)4-3-5-13/h3-7H2,1-2H3,(H,14,16)(H,17,18). The van der Waals surface area contributed by atoms with Crippen LogP contribution in [0.3, 0.4) is 0 Å². The zero-order valence-electron chi connectivity index (χ0n) is 11.2. The number of nitrogens with zero attached hydrogens (tertiary/aromatic N) is 1. The number of aryl methyl sites for hydroxylation is 2. The molecule has 2 rings (SSSR count). The van der Waals surface area contributed by atoms with E-state index in [0.717, 1.165) is 17.7 Å². The maximum Gasteiger partial charge on any atom is 0.310 e. The van der Waals surface area contributed by atoms with Gasteiger partial charge in [-0.15, -0.1) is 0 Å². The second-order valence-corrected chi connectivity index (χ2v) is 5.20. The second-order valence-electron chi connectivity index (χ2n) is 5.20. The highest BCUT2D eigenvalue weighted by Gasteiger charge is 2.45. The number of amides is 1. The van der Waals surface area contributed by atoms with Crippen molar-refractivity contribution < 1.29 is 19.2 Å². The van der Waals surface area contributed by atoms with E-state index in [0.29, 0.717) is 25.1 Å². The molecule has 6 heteroatoms. The molecule has 0 bridgehead atoms. The van der Waals surface area contributed by atoms with Crippen LogP contribution < -0.4 is 5.32 Å². The molecule has 1 aromatic rings. The first-order chi connectivity index (χ1) is 8.94. The Morgan fingerprint density at radius 3 is 2.53 bits per heavy atom. The number of carboxylic acid groups (broad SMARTS) is 1. The second kappa shape index (κ2) is 5.03. The minimum Gasteiger partial charge on any atom is -0.481 e. The molecule has 0 radical (unpaired) electrons. The maximum absolute atomic E-state index is 11.8. The van der Waals surface area contributed by atoms with E-state index in [1.165, 1.54) is 0 Å². The Bertz CT molecular complexity index is 483. The smallest absolute Gasteiger partial charge is 0.310 e. The average Bonchev–Trinajstić information content (AvgIpc) is 2.61. The summed E-state index contributed by atoms with van der Waals surface area (Å²) in [5.41, 5.74) is 0.753. The van der Waals surface area contributed by atoms with E-state index in [4.69, 9.17) is 9.63 Å². The normalized spacial score (nSPS) is 16.7. The summed E-state index contributed by atoms with van der Waals surface area (Å²) in [5, 5.41) is 15.7. The molecule has 0 atom stereocenters. The SMILES string of the molecule is Cc1noc(C)c1CNC(=O)CC1(C(=O)O)CCC1. The first-order valence-corrected chi connectivity index (χ1v) is 6.36. The van der Waals surface area contributed by atoms with Crippen LogP contribution in [0.2, 0.25) is 0 Å². The molecular weight excluding hydrogens is 248 g/mol.